The van der Waals surface area contributed by atoms with E-state index in [0.29, 0.717) is 6.04 Å². The van der Waals surface area contributed by atoms with Crippen LogP contribution in [0.2, 0.25) is 0 Å². The molecule has 1 aliphatic heterocycles. The van der Waals surface area contributed by atoms with E-state index in [1.54, 1.807) is 17.2 Å². The minimum absolute atomic E-state index is 0.00642. The summed E-state index contributed by atoms with van der Waals surface area (Å²) in [6.07, 6.45) is 8.39. The van der Waals surface area contributed by atoms with E-state index in [4.69, 9.17) is 5.73 Å². The van der Waals surface area contributed by atoms with Crippen LogP contribution in [0.4, 0.5) is 8.78 Å². The number of nitrogens with two attached hydrogens (primary N) is 1. The Balaban J connectivity index is 1.28. The van der Waals surface area contributed by atoms with Gasteiger partial charge in [0.25, 0.3) is 0 Å². The first-order valence-electron chi connectivity index (χ1n) is 9.47. The molecule has 0 radical (unpaired) electrons. The smallest absolute Gasteiger partial charge is 0.163 e. The fourth-order valence-corrected chi connectivity index (χ4v) is 4.96. The van der Waals surface area contributed by atoms with Gasteiger partial charge in [0.05, 0.1) is 5.69 Å². The molecule has 3 aliphatic rings. The predicted molar refractivity (Wildman–Crippen MR) is 95.6 cm³/mol. The highest BCUT2D eigenvalue weighted by molar-refractivity contribution is 5.50. The zero-order valence-corrected chi connectivity index (χ0v) is 14.9. The first kappa shape index (κ1) is 16.9. The summed E-state index contributed by atoms with van der Waals surface area (Å²) in [5, 5.41) is 4.58. The van der Waals surface area contributed by atoms with Gasteiger partial charge in [-0.1, -0.05) is 0 Å². The lowest BCUT2D eigenvalue weighted by atomic mass is 9.72. The number of halogens is 2. The summed E-state index contributed by atoms with van der Waals surface area (Å²) < 4.78 is 29.6. The summed E-state index contributed by atoms with van der Waals surface area (Å²) in [5.41, 5.74) is 9.50. The lowest BCUT2D eigenvalue weighted by Gasteiger charge is -2.41. The minimum Gasteiger partial charge on any atom is -0.327 e. The first-order chi connectivity index (χ1) is 13.1. The average Bonchev–Trinajstić information content (AvgIpc) is 3.22. The van der Waals surface area contributed by atoms with Gasteiger partial charge in [-0.2, -0.15) is 5.10 Å². The van der Waals surface area contributed by atoms with Crippen molar-refractivity contribution in [3.05, 3.63) is 47.7 Å². The number of fused-ring (bicyclic) bond motifs is 3. The summed E-state index contributed by atoms with van der Waals surface area (Å²) in [7, 11) is 0. The van der Waals surface area contributed by atoms with Gasteiger partial charge in [0.2, 0.25) is 0 Å². The molecule has 5 rings (SSSR count). The Morgan fingerprint density at radius 2 is 2.04 bits per heavy atom. The standard InChI is InChI=1S/C19H22F2N6/c20-11-1-4-16(21)14(5-11)13-3-2-12(6-17(13)22)26-7-15-18(8-26)25-27-10-23-9-24-19(15)27/h1,4,9-10,12-14,17H,2-3,5-8,22H2/t12?,13-,14?,17?/m1/s1. The van der Waals surface area contributed by atoms with Crippen molar-refractivity contribution in [2.24, 2.45) is 17.6 Å². The molecule has 0 bridgehead atoms. The van der Waals surface area contributed by atoms with Crippen LogP contribution in [-0.4, -0.2) is 36.6 Å². The fourth-order valence-electron chi connectivity index (χ4n) is 4.96. The second-order valence-electron chi connectivity index (χ2n) is 7.88. The molecule has 2 aromatic heterocycles. The molecule has 2 aromatic rings. The van der Waals surface area contributed by atoms with Gasteiger partial charge in [0.15, 0.2) is 5.65 Å². The third-order valence-electron chi connectivity index (χ3n) is 6.35. The van der Waals surface area contributed by atoms with E-state index < -0.39 is 5.92 Å². The number of hydrogen-bond acceptors (Lipinski definition) is 5. The largest absolute Gasteiger partial charge is 0.327 e. The van der Waals surface area contributed by atoms with Crippen molar-refractivity contribution in [3.8, 4) is 0 Å². The van der Waals surface area contributed by atoms with Crippen LogP contribution in [0.5, 0.6) is 0 Å². The SMILES string of the molecule is NC1CC(N2Cc3nn4cncnc4c3C2)CC[C@@H]1C1CC(F)=CC=C1F. The van der Waals surface area contributed by atoms with E-state index >= 15 is 0 Å². The van der Waals surface area contributed by atoms with Gasteiger partial charge in [0.1, 0.15) is 24.3 Å². The van der Waals surface area contributed by atoms with Gasteiger partial charge in [-0.15, -0.1) is 0 Å². The van der Waals surface area contributed by atoms with Crippen LogP contribution in [0.15, 0.2) is 36.5 Å². The molecule has 3 heterocycles. The van der Waals surface area contributed by atoms with Gasteiger partial charge >= 0.3 is 0 Å². The van der Waals surface area contributed by atoms with E-state index in [2.05, 4.69) is 20.0 Å². The second kappa shape index (κ2) is 6.45. The maximum absolute atomic E-state index is 14.2. The van der Waals surface area contributed by atoms with Crippen molar-refractivity contribution in [3.63, 3.8) is 0 Å². The molecule has 142 valence electrons. The van der Waals surface area contributed by atoms with Gasteiger partial charge in [-0.3, -0.25) is 4.90 Å². The van der Waals surface area contributed by atoms with E-state index in [-0.39, 0.29) is 30.0 Å². The predicted octanol–water partition coefficient (Wildman–Crippen LogP) is 2.66. The molecule has 4 atom stereocenters. The van der Waals surface area contributed by atoms with Crippen LogP contribution in [-0.2, 0) is 13.1 Å². The second-order valence-corrected chi connectivity index (χ2v) is 7.88. The zero-order chi connectivity index (χ0) is 18.5. The van der Waals surface area contributed by atoms with Gasteiger partial charge in [-0.25, -0.2) is 23.3 Å². The van der Waals surface area contributed by atoms with Gasteiger partial charge < -0.3 is 5.73 Å². The van der Waals surface area contributed by atoms with E-state index in [9.17, 15) is 8.78 Å². The molecular weight excluding hydrogens is 350 g/mol. The first-order valence-corrected chi connectivity index (χ1v) is 9.47. The molecule has 8 heteroatoms. The van der Waals surface area contributed by atoms with Crippen LogP contribution in [0.1, 0.15) is 36.9 Å². The number of rotatable bonds is 2. The van der Waals surface area contributed by atoms with Crippen molar-refractivity contribution in [2.75, 3.05) is 0 Å². The molecule has 0 spiro atoms. The summed E-state index contributed by atoms with van der Waals surface area (Å²) >= 11 is 0. The zero-order valence-electron chi connectivity index (χ0n) is 14.9. The summed E-state index contributed by atoms with van der Waals surface area (Å²) in [6.45, 7) is 1.57. The molecule has 6 nitrogen and oxygen atoms in total. The maximum atomic E-state index is 14.2. The Hall–Kier alpha value is -2.19. The number of aromatic nitrogens is 4. The number of hydrogen-bond donors (Lipinski definition) is 1. The Labute approximate surface area is 155 Å². The van der Waals surface area contributed by atoms with E-state index in [0.717, 1.165) is 49.3 Å². The van der Waals surface area contributed by atoms with Crippen LogP contribution in [0.3, 0.4) is 0 Å². The van der Waals surface area contributed by atoms with Crippen molar-refractivity contribution in [1.29, 1.82) is 0 Å². The summed E-state index contributed by atoms with van der Waals surface area (Å²) in [6, 6.07) is 0.207. The number of nitrogens with zero attached hydrogens (tertiary/aromatic N) is 5. The Morgan fingerprint density at radius 3 is 2.89 bits per heavy atom. The molecule has 3 unspecified atom stereocenters. The molecule has 0 amide bonds. The van der Waals surface area contributed by atoms with Crippen molar-refractivity contribution in [1.82, 2.24) is 24.5 Å². The lowest BCUT2D eigenvalue weighted by molar-refractivity contribution is 0.0992. The van der Waals surface area contributed by atoms with Crippen molar-refractivity contribution >= 4 is 5.65 Å². The highest BCUT2D eigenvalue weighted by Crippen LogP contribution is 2.41. The van der Waals surface area contributed by atoms with Crippen LogP contribution in [0, 0.1) is 11.8 Å². The van der Waals surface area contributed by atoms with Crippen LogP contribution < -0.4 is 5.73 Å². The third-order valence-corrected chi connectivity index (χ3v) is 6.35. The highest BCUT2D eigenvalue weighted by Gasteiger charge is 2.40. The summed E-state index contributed by atoms with van der Waals surface area (Å²) in [4.78, 5) is 10.7. The Kier molecular flexibility index (Phi) is 4.05. The van der Waals surface area contributed by atoms with Gasteiger partial charge in [0, 0.05) is 43.1 Å². The number of allylic oxidation sites excluding steroid dienone is 4. The average molecular weight is 372 g/mol. The Morgan fingerprint density at radius 1 is 1.15 bits per heavy atom. The molecule has 2 N–H and O–H groups in total. The maximum Gasteiger partial charge on any atom is 0.163 e. The quantitative estimate of drug-likeness (QED) is 0.877. The molecule has 0 saturated heterocycles. The molecule has 0 aromatic carbocycles. The lowest BCUT2D eigenvalue weighted by Crippen LogP contribution is -2.47. The Bertz CT molecular complexity index is 935. The van der Waals surface area contributed by atoms with E-state index in [1.807, 2.05) is 0 Å². The molecular formula is C19H22F2N6. The molecule has 1 fully saturated rings. The van der Waals surface area contributed by atoms with Gasteiger partial charge in [-0.05, 0) is 37.3 Å². The topological polar surface area (TPSA) is 72.3 Å². The van der Waals surface area contributed by atoms with Crippen molar-refractivity contribution in [2.45, 2.75) is 50.9 Å². The summed E-state index contributed by atoms with van der Waals surface area (Å²) in [5.74, 6) is -0.907. The normalized spacial score (nSPS) is 31.7. The molecule has 1 saturated carbocycles. The minimum atomic E-state index is -0.414. The van der Waals surface area contributed by atoms with Crippen LogP contribution in [0.25, 0.3) is 5.65 Å². The highest BCUT2D eigenvalue weighted by atomic mass is 19.1. The third kappa shape index (κ3) is 2.87. The fraction of sp³-hybridized carbons (Fsp3) is 0.526. The van der Waals surface area contributed by atoms with E-state index in [1.165, 1.54) is 12.2 Å². The van der Waals surface area contributed by atoms with Crippen molar-refractivity contribution < 1.29 is 8.78 Å². The monoisotopic (exact) mass is 372 g/mol. The molecule has 2 aliphatic carbocycles. The molecule has 27 heavy (non-hydrogen) atoms. The van der Waals surface area contributed by atoms with Crippen LogP contribution >= 0.6 is 0 Å².